The number of hydrogen-bond acceptors (Lipinski definition) is 2. The molecule has 1 N–H and O–H groups in total. The summed E-state index contributed by atoms with van der Waals surface area (Å²) in [4.78, 5) is 0. The molecule has 0 aliphatic heterocycles. The van der Waals surface area contributed by atoms with Crippen LogP contribution in [-0.4, -0.2) is 7.05 Å². The number of hydrogen-bond donors (Lipinski definition) is 1. The molecule has 1 unspecified atom stereocenters. The summed E-state index contributed by atoms with van der Waals surface area (Å²) in [6.45, 7) is 2.01. The predicted octanol–water partition coefficient (Wildman–Crippen LogP) is 3.55. The lowest BCUT2D eigenvalue weighted by atomic mass is 10.00. The Morgan fingerprint density at radius 3 is 2.62 bits per heavy atom. The first-order chi connectivity index (χ1) is 7.72. The average molecular weight is 236 g/mol. The van der Waals surface area contributed by atoms with Crippen molar-refractivity contribution in [1.29, 1.82) is 0 Å². The van der Waals surface area contributed by atoms with E-state index >= 15 is 0 Å². The van der Waals surface area contributed by atoms with Gasteiger partial charge in [-0.25, -0.2) is 0 Å². The maximum Gasteiger partial charge on any atom is 0.0953 e. The summed E-state index contributed by atoms with van der Waals surface area (Å²) in [7, 11) is 1.93. The minimum absolute atomic E-state index is 0.148. The third-order valence-corrected chi connectivity index (χ3v) is 3.10. The highest BCUT2D eigenvalue weighted by Gasteiger charge is 2.13. The van der Waals surface area contributed by atoms with Crippen LogP contribution in [0.5, 0.6) is 0 Å². The number of furan rings is 1. The minimum atomic E-state index is 0.148. The molecule has 3 heteroatoms. The first kappa shape index (κ1) is 11.2. The van der Waals surface area contributed by atoms with Gasteiger partial charge in [-0.15, -0.1) is 0 Å². The van der Waals surface area contributed by atoms with Gasteiger partial charge in [-0.05, 0) is 37.2 Å². The van der Waals surface area contributed by atoms with Crippen LogP contribution in [0.2, 0.25) is 5.02 Å². The van der Waals surface area contributed by atoms with Gasteiger partial charge in [0.1, 0.15) is 0 Å². The lowest BCUT2D eigenvalue weighted by Crippen LogP contribution is -2.17. The molecule has 1 aromatic heterocycles. The van der Waals surface area contributed by atoms with Crippen molar-refractivity contribution in [3.63, 3.8) is 0 Å². The van der Waals surface area contributed by atoms with Crippen LogP contribution in [0.4, 0.5) is 0 Å². The quantitative estimate of drug-likeness (QED) is 0.880. The summed E-state index contributed by atoms with van der Waals surface area (Å²) >= 11 is 6.01. The lowest BCUT2D eigenvalue weighted by Gasteiger charge is -2.15. The molecule has 16 heavy (non-hydrogen) atoms. The molecule has 2 nitrogen and oxygen atoms in total. The Labute approximate surface area is 100 Å². The van der Waals surface area contributed by atoms with Crippen molar-refractivity contribution in [1.82, 2.24) is 5.32 Å². The molecule has 0 spiro atoms. The van der Waals surface area contributed by atoms with E-state index in [4.69, 9.17) is 16.0 Å². The van der Waals surface area contributed by atoms with Crippen molar-refractivity contribution < 1.29 is 4.42 Å². The van der Waals surface area contributed by atoms with Crippen LogP contribution in [0.15, 0.2) is 41.2 Å². The second-order valence-electron chi connectivity index (χ2n) is 3.79. The normalized spacial score (nSPS) is 12.7. The number of rotatable bonds is 3. The van der Waals surface area contributed by atoms with Crippen LogP contribution < -0.4 is 5.32 Å². The van der Waals surface area contributed by atoms with Gasteiger partial charge in [0.05, 0.1) is 18.6 Å². The second kappa shape index (κ2) is 4.73. The van der Waals surface area contributed by atoms with E-state index in [1.807, 2.05) is 32.2 Å². The Kier molecular flexibility index (Phi) is 3.32. The third-order valence-electron chi connectivity index (χ3n) is 2.68. The summed E-state index contributed by atoms with van der Waals surface area (Å²) in [5.41, 5.74) is 3.39. The molecule has 84 valence electrons. The monoisotopic (exact) mass is 235 g/mol. The highest BCUT2D eigenvalue weighted by Crippen LogP contribution is 2.25. The SMILES string of the molecule is CNC(c1ccoc1)c1ccc(Cl)c(C)c1. The van der Waals surface area contributed by atoms with E-state index < -0.39 is 0 Å². The first-order valence-electron chi connectivity index (χ1n) is 5.18. The Balaban J connectivity index is 2.37. The zero-order chi connectivity index (χ0) is 11.5. The van der Waals surface area contributed by atoms with Gasteiger partial charge in [-0.2, -0.15) is 0 Å². The third kappa shape index (κ3) is 2.13. The highest BCUT2D eigenvalue weighted by atomic mass is 35.5. The topological polar surface area (TPSA) is 25.2 Å². The van der Waals surface area contributed by atoms with Gasteiger partial charge in [-0.1, -0.05) is 23.7 Å². The van der Waals surface area contributed by atoms with Gasteiger partial charge in [0, 0.05) is 10.6 Å². The summed E-state index contributed by atoms with van der Waals surface area (Å²) in [6, 6.07) is 8.16. The zero-order valence-corrected chi connectivity index (χ0v) is 10.1. The van der Waals surface area contributed by atoms with Crippen molar-refractivity contribution in [3.05, 3.63) is 58.5 Å². The molecule has 2 rings (SSSR count). The molecular weight excluding hydrogens is 222 g/mol. The van der Waals surface area contributed by atoms with Gasteiger partial charge in [0.15, 0.2) is 0 Å². The van der Waals surface area contributed by atoms with Crippen LogP contribution in [0.3, 0.4) is 0 Å². The largest absolute Gasteiger partial charge is 0.472 e. The van der Waals surface area contributed by atoms with Crippen LogP contribution >= 0.6 is 11.6 Å². The van der Waals surface area contributed by atoms with E-state index in [9.17, 15) is 0 Å². The molecule has 0 saturated carbocycles. The van der Waals surface area contributed by atoms with E-state index in [-0.39, 0.29) is 6.04 Å². The Morgan fingerprint density at radius 1 is 1.25 bits per heavy atom. The fourth-order valence-electron chi connectivity index (χ4n) is 1.81. The Morgan fingerprint density at radius 2 is 2.06 bits per heavy atom. The Bertz CT molecular complexity index is 465. The van der Waals surface area contributed by atoms with Crippen LogP contribution in [0, 0.1) is 6.92 Å². The molecule has 0 bridgehead atoms. The standard InChI is InChI=1S/C13H14ClNO/c1-9-7-10(3-4-12(9)14)13(15-2)11-5-6-16-8-11/h3-8,13,15H,1-2H3. The maximum atomic E-state index is 6.01. The molecule has 0 aliphatic rings. The molecule has 0 aliphatic carbocycles. The molecule has 1 aromatic carbocycles. The average Bonchev–Trinajstić information content (AvgIpc) is 2.78. The van der Waals surface area contributed by atoms with Gasteiger partial charge >= 0.3 is 0 Å². The van der Waals surface area contributed by atoms with Crippen molar-refractivity contribution >= 4 is 11.6 Å². The molecule has 0 saturated heterocycles. The second-order valence-corrected chi connectivity index (χ2v) is 4.19. The van der Waals surface area contributed by atoms with E-state index in [2.05, 4.69) is 11.4 Å². The minimum Gasteiger partial charge on any atom is -0.472 e. The smallest absolute Gasteiger partial charge is 0.0953 e. The number of aryl methyl sites for hydroxylation is 1. The number of benzene rings is 1. The van der Waals surface area contributed by atoms with Crippen molar-refractivity contribution in [3.8, 4) is 0 Å². The van der Waals surface area contributed by atoms with Crippen LogP contribution in [0.25, 0.3) is 0 Å². The van der Waals surface area contributed by atoms with Gasteiger partial charge < -0.3 is 9.73 Å². The summed E-state index contributed by atoms with van der Waals surface area (Å²) in [5, 5.41) is 4.06. The Hall–Kier alpha value is -1.25. The summed E-state index contributed by atoms with van der Waals surface area (Å²) in [5.74, 6) is 0. The lowest BCUT2D eigenvalue weighted by molar-refractivity contribution is 0.557. The van der Waals surface area contributed by atoms with E-state index in [1.165, 1.54) is 5.56 Å². The number of halogens is 1. The molecule has 1 heterocycles. The number of nitrogens with one attached hydrogen (secondary N) is 1. The van der Waals surface area contributed by atoms with E-state index in [0.29, 0.717) is 0 Å². The summed E-state index contributed by atoms with van der Waals surface area (Å²) in [6.07, 6.45) is 3.44. The highest BCUT2D eigenvalue weighted by molar-refractivity contribution is 6.31. The van der Waals surface area contributed by atoms with Crippen molar-refractivity contribution in [2.45, 2.75) is 13.0 Å². The molecular formula is C13H14ClNO. The predicted molar refractivity (Wildman–Crippen MR) is 65.8 cm³/mol. The fraction of sp³-hybridized carbons (Fsp3) is 0.231. The molecule has 0 radical (unpaired) electrons. The van der Waals surface area contributed by atoms with Gasteiger partial charge in [0.2, 0.25) is 0 Å². The molecule has 1 atom stereocenters. The van der Waals surface area contributed by atoms with E-state index in [1.54, 1.807) is 12.5 Å². The van der Waals surface area contributed by atoms with Crippen molar-refractivity contribution in [2.75, 3.05) is 7.05 Å². The zero-order valence-electron chi connectivity index (χ0n) is 9.33. The molecule has 2 aromatic rings. The van der Waals surface area contributed by atoms with Gasteiger partial charge in [0.25, 0.3) is 0 Å². The van der Waals surface area contributed by atoms with Crippen LogP contribution in [0.1, 0.15) is 22.7 Å². The van der Waals surface area contributed by atoms with Crippen LogP contribution in [-0.2, 0) is 0 Å². The fourth-order valence-corrected chi connectivity index (χ4v) is 1.93. The van der Waals surface area contributed by atoms with E-state index in [0.717, 1.165) is 16.1 Å². The first-order valence-corrected chi connectivity index (χ1v) is 5.55. The van der Waals surface area contributed by atoms with Gasteiger partial charge in [-0.3, -0.25) is 0 Å². The maximum absolute atomic E-state index is 6.01. The summed E-state index contributed by atoms with van der Waals surface area (Å²) < 4.78 is 5.11. The molecule has 0 amide bonds. The molecule has 0 fully saturated rings. The van der Waals surface area contributed by atoms with Crippen molar-refractivity contribution in [2.24, 2.45) is 0 Å².